The Morgan fingerprint density at radius 2 is 2.28 bits per heavy atom. The maximum atomic E-state index is 11.3. The first-order valence-corrected chi connectivity index (χ1v) is 8.34. The summed E-state index contributed by atoms with van der Waals surface area (Å²) in [4.78, 5) is 22.6. The maximum absolute atomic E-state index is 11.3. The molecule has 0 amide bonds. The average molecular weight is 345 g/mol. The Bertz CT molecular complexity index is 774. The van der Waals surface area contributed by atoms with Crippen LogP contribution in [0.4, 0.5) is 5.95 Å². The Morgan fingerprint density at radius 1 is 1.48 bits per heavy atom. The Balaban J connectivity index is 1.79. The lowest BCUT2D eigenvalue weighted by Crippen LogP contribution is -2.22. The van der Waals surface area contributed by atoms with E-state index in [1.54, 1.807) is 10.9 Å². The number of ether oxygens (including phenoxy) is 1. The Labute approximate surface area is 146 Å². The third-order valence-corrected chi connectivity index (χ3v) is 4.46. The van der Waals surface area contributed by atoms with Gasteiger partial charge in [-0.3, -0.25) is 4.68 Å². The van der Waals surface area contributed by atoms with Gasteiger partial charge in [-0.2, -0.15) is 5.10 Å². The van der Waals surface area contributed by atoms with E-state index in [2.05, 4.69) is 26.9 Å². The number of hydrogen-bond acceptors (Lipinski definition) is 6. The molecule has 1 fully saturated rings. The summed E-state index contributed by atoms with van der Waals surface area (Å²) >= 11 is 0. The third-order valence-electron chi connectivity index (χ3n) is 4.46. The number of nitrogens with zero attached hydrogens (tertiary/aromatic N) is 5. The predicted molar refractivity (Wildman–Crippen MR) is 91.8 cm³/mol. The molecule has 3 rings (SSSR count). The topological polar surface area (TPSA) is 93.4 Å². The molecule has 2 aromatic rings. The molecule has 1 atom stereocenters. The largest absolute Gasteiger partial charge is 0.478 e. The number of anilines is 1. The lowest BCUT2D eigenvalue weighted by molar-refractivity contribution is 0.0691. The van der Waals surface area contributed by atoms with Crippen molar-refractivity contribution in [3.05, 3.63) is 34.9 Å². The van der Waals surface area contributed by atoms with Crippen molar-refractivity contribution in [2.45, 2.75) is 33.4 Å². The molecule has 8 heteroatoms. The molecule has 0 aromatic carbocycles. The van der Waals surface area contributed by atoms with Gasteiger partial charge < -0.3 is 14.7 Å². The summed E-state index contributed by atoms with van der Waals surface area (Å²) in [6.07, 6.45) is 4.49. The van der Waals surface area contributed by atoms with Crippen LogP contribution in [0.1, 0.15) is 40.7 Å². The van der Waals surface area contributed by atoms with Gasteiger partial charge in [0.1, 0.15) is 11.3 Å². The number of aromatic carboxylic acids is 1. The van der Waals surface area contributed by atoms with E-state index in [1.807, 2.05) is 6.92 Å². The number of rotatable bonds is 6. The van der Waals surface area contributed by atoms with Crippen LogP contribution in [0, 0.1) is 12.8 Å². The van der Waals surface area contributed by atoms with Crippen LogP contribution in [0.3, 0.4) is 0 Å². The Kier molecular flexibility index (Phi) is 4.98. The first-order chi connectivity index (χ1) is 12.0. The zero-order valence-corrected chi connectivity index (χ0v) is 14.8. The molecule has 2 aromatic heterocycles. The summed E-state index contributed by atoms with van der Waals surface area (Å²) in [6, 6.07) is 0. The first kappa shape index (κ1) is 17.3. The molecular formula is C17H23N5O3. The van der Waals surface area contributed by atoms with E-state index >= 15 is 0 Å². The fourth-order valence-corrected chi connectivity index (χ4v) is 3.04. The fraction of sp³-hybridized carbons (Fsp3) is 0.529. The molecule has 1 unspecified atom stereocenters. The van der Waals surface area contributed by atoms with Crippen LogP contribution in [0.2, 0.25) is 0 Å². The monoisotopic (exact) mass is 345 g/mol. The van der Waals surface area contributed by atoms with E-state index in [-0.39, 0.29) is 12.2 Å². The number of carboxylic acids is 1. The molecule has 8 nitrogen and oxygen atoms in total. The molecule has 25 heavy (non-hydrogen) atoms. The van der Waals surface area contributed by atoms with Gasteiger partial charge in [-0.15, -0.1) is 0 Å². The van der Waals surface area contributed by atoms with Crippen molar-refractivity contribution >= 4 is 11.9 Å². The van der Waals surface area contributed by atoms with Gasteiger partial charge in [0.05, 0.1) is 13.2 Å². The van der Waals surface area contributed by atoms with E-state index in [1.165, 1.54) is 13.3 Å². The molecular weight excluding hydrogens is 322 g/mol. The molecule has 1 saturated heterocycles. The van der Waals surface area contributed by atoms with Crippen molar-refractivity contribution < 1.29 is 14.6 Å². The van der Waals surface area contributed by atoms with Crippen LogP contribution in [-0.4, -0.2) is 51.0 Å². The molecule has 0 aliphatic carbocycles. The molecule has 1 aliphatic heterocycles. The predicted octanol–water partition coefficient (Wildman–Crippen LogP) is 1.72. The van der Waals surface area contributed by atoms with Crippen LogP contribution in [-0.2, 0) is 17.9 Å². The number of carboxylic acid groups (broad SMARTS) is 1. The third kappa shape index (κ3) is 3.79. The summed E-state index contributed by atoms with van der Waals surface area (Å²) in [5.74, 6) is 0.420. The highest BCUT2D eigenvalue weighted by Crippen LogP contribution is 2.21. The van der Waals surface area contributed by atoms with E-state index in [9.17, 15) is 9.90 Å². The fourth-order valence-electron chi connectivity index (χ4n) is 3.04. The van der Waals surface area contributed by atoms with Gasteiger partial charge in [-0.1, -0.05) is 6.92 Å². The first-order valence-electron chi connectivity index (χ1n) is 8.34. The number of methoxy groups -OCH3 is 1. The van der Waals surface area contributed by atoms with Gasteiger partial charge >= 0.3 is 5.97 Å². The van der Waals surface area contributed by atoms with Crippen molar-refractivity contribution in [2.24, 2.45) is 5.92 Å². The van der Waals surface area contributed by atoms with Gasteiger partial charge in [0, 0.05) is 43.9 Å². The van der Waals surface area contributed by atoms with E-state index in [4.69, 9.17) is 4.74 Å². The summed E-state index contributed by atoms with van der Waals surface area (Å²) in [5, 5.41) is 13.6. The number of carbonyl (C=O) groups is 1. The normalized spacial score (nSPS) is 17.2. The Morgan fingerprint density at radius 3 is 2.88 bits per heavy atom. The minimum atomic E-state index is -1.01. The molecule has 0 radical (unpaired) electrons. The second-order valence-corrected chi connectivity index (χ2v) is 6.55. The van der Waals surface area contributed by atoms with Crippen LogP contribution in [0.5, 0.6) is 0 Å². The molecule has 3 heterocycles. The average Bonchev–Trinajstić information content (AvgIpc) is 3.16. The lowest BCUT2D eigenvalue weighted by Gasteiger charge is -2.17. The summed E-state index contributed by atoms with van der Waals surface area (Å²) in [6.45, 7) is 6.73. The van der Waals surface area contributed by atoms with Gasteiger partial charge in [-0.25, -0.2) is 14.8 Å². The SMILES string of the molecule is COCc1nn(Cc2cnc(N3CCC(C)C3)nc2C)cc1C(=O)O. The second-order valence-electron chi connectivity index (χ2n) is 6.55. The van der Waals surface area contributed by atoms with Crippen LogP contribution >= 0.6 is 0 Å². The van der Waals surface area contributed by atoms with Crippen LogP contribution in [0.25, 0.3) is 0 Å². The molecule has 0 spiro atoms. The second kappa shape index (κ2) is 7.18. The Hall–Kier alpha value is -2.48. The van der Waals surface area contributed by atoms with Crippen molar-refractivity contribution in [2.75, 3.05) is 25.1 Å². The van der Waals surface area contributed by atoms with Gasteiger partial charge in [0.2, 0.25) is 5.95 Å². The van der Waals surface area contributed by atoms with E-state index < -0.39 is 5.97 Å². The van der Waals surface area contributed by atoms with Gasteiger partial charge in [0.25, 0.3) is 0 Å². The summed E-state index contributed by atoms with van der Waals surface area (Å²) in [5.41, 5.74) is 2.36. The number of hydrogen-bond donors (Lipinski definition) is 1. The van der Waals surface area contributed by atoms with Crippen molar-refractivity contribution in [3.8, 4) is 0 Å². The quantitative estimate of drug-likeness (QED) is 0.852. The van der Waals surface area contributed by atoms with Crippen molar-refractivity contribution in [3.63, 3.8) is 0 Å². The molecule has 134 valence electrons. The molecule has 1 N–H and O–H groups in total. The minimum Gasteiger partial charge on any atom is -0.478 e. The van der Waals surface area contributed by atoms with Gasteiger partial charge in [0.15, 0.2) is 0 Å². The van der Waals surface area contributed by atoms with Crippen molar-refractivity contribution in [1.29, 1.82) is 0 Å². The molecule has 0 saturated carbocycles. The van der Waals surface area contributed by atoms with Crippen LogP contribution in [0.15, 0.2) is 12.4 Å². The number of aryl methyl sites for hydroxylation is 1. The highest BCUT2D eigenvalue weighted by molar-refractivity contribution is 5.88. The van der Waals surface area contributed by atoms with Crippen LogP contribution < -0.4 is 4.90 Å². The smallest absolute Gasteiger partial charge is 0.339 e. The standard InChI is InChI=1S/C17H23N5O3/c1-11-4-5-21(7-11)17-18-6-13(12(2)19-17)8-22-9-14(16(23)24)15(20-22)10-25-3/h6,9,11H,4-5,7-8,10H2,1-3H3,(H,23,24). The summed E-state index contributed by atoms with van der Waals surface area (Å²) in [7, 11) is 1.51. The summed E-state index contributed by atoms with van der Waals surface area (Å²) < 4.78 is 6.62. The number of aromatic nitrogens is 4. The molecule has 1 aliphatic rings. The van der Waals surface area contributed by atoms with E-state index in [0.717, 1.165) is 36.7 Å². The zero-order chi connectivity index (χ0) is 18.0. The molecule has 0 bridgehead atoms. The minimum absolute atomic E-state index is 0.156. The maximum Gasteiger partial charge on any atom is 0.339 e. The highest BCUT2D eigenvalue weighted by atomic mass is 16.5. The van der Waals surface area contributed by atoms with Crippen molar-refractivity contribution in [1.82, 2.24) is 19.7 Å². The van der Waals surface area contributed by atoms with Gasteiger partial charge in [-0.05, 0) is 19.3 Å². The highest BCUT2D eigenvalue weighted by Gasteiger charge is 2.21. The zero-order valence-electron chi connectivity index (χ0n) is 14.8. The lowest BCUT2D eigenvalue weighted by atomic mass is 10.2. The van der Waals surface area contributed by atoms with E-state index in [0.29, 0.717) is 18.2 Å².